The van der Waals surface area contributed by atoms with Crippen LogP contribution in [-0.2, 0) is 19.9 Å². The quantitative estimate of drug-likeness (QED) is 0.402. The predicted molar refractivity (Wildman–Crippen MR) is 151 cm³/mol. The van der Waals surface area contributed by atoms with Crippen molar-refractivity contribution in [2.75, 3.05) is 51.4 Å². The molecule has 0 spiro atoms. The molecular formula is C26H34N4O5S3. The molecule has 2 atom stereocenters. The summed E-state index contributed by atoms with van der Waals surface area (Å²) in [5.74, 6) is 0.280. The zero-order chi connectivity index (χ0) is 27.8. The van der Waals surface area contributed by atoms with E-state index >= 15 is 0 Å². The summed E-state index contributed by atoms with van der Waals surface area (Å²) >= 11 is 1.25. The molecular weight excluding hydrogens is 545 g/mol. The minimum Gasteiger partial charge on any atom is -0.308 e. The lowest BCUT2D eigenvalue weighted by Crippen LogP contribution is -2.42. The largest absolute Gasteiger partial charge is 0.308 e. The van der Waals surface area contributed by atoms with Crippen molar-refractivity contribution in [2.45, 2.75) is 30.1 Å². The van der Waals surface area contributed by atoms with Gasteiger partial charge in [0.05, 0.1) is 20.0 Å². The summed E-state index contributed by atoms with van der Waals surface area (Å²) in [6.07, 6.45) is 2.16. The molecule has 206 valence electrons. The SMILES string of the molecule is CC1CC(C)CN(S(=O)(=O)c2ccc(C(=O)N(CCN(C)C)c3nc4ccc(S(C)(=O)=O)cc4s3)cc2)C1. The second kappa shape index (κ2) is 11.0. The molecule has 0 radical (unpaired) electrons. The first-order chi connectivity index (χ1) is 17.8. The second-order valence-electron chi connectivity index (χ2n) is 10.5. The van der Waals surface area contributed by atoms with E-state index in [0.29, 0.717) is 58.9 Å². The fraction of sp³-hybridized carbons (Fsp3) is 0.462. The molecule has 1 fully saturated rings. The van der Waals surface area contributed by atoms with Gasteiger partial charge < -0.3 is 4.90 Å². The highest BCUT2D eigenvalue weighted by Gasteiger charge is 2.32. The molecule has 0 saturated carbocycles. The lowest BCUT2D eigenvalue weighted by atomic mass is 9.94. The van der Waals surface area contributed by atoms with Crippen LogP contribution in [0, 0.1) is 11.8 Å². The topological polar surface area (TPSA) is 108 Å². The third-order valence-electron chi connectivity index (χ3n) is 6.60. The summed E-state index contributed by atoms with van der Waals surface area (Å²) in [5, 5.41) is 0.450. The highest BCUT2D eigenvalue weighted by molar-refractivity contribution is 7.90. The number of benzene rings is 2. The molecule has 2 heterocycles. The number of piperidine rings is 1. The summed E-state index contributed by atoms with van der Waals surface area (Å²) < 4.78 is 52.7. The van der Waals surface area contributed by atoms with Crippen LogP contribution in [-0.4, -0.2) is 83.5 Å². The molecule has 0 aliphatic carbocycles. The second-order valence-corrected chi connectivity index (χ2v) is 15.4. The van der Waals surface area contributed by atoms with Gasteiger partial charge in [-0.15, -0.1) is 0 Å². The van der Waals surface area contributed by atoms with Gasteiger partial charge in [0.1, 0.15) is 0 Å². The minimum absolute atomic E-state index is 0.170. The summed E-state index contributed by atoms with van der Waals surface area (Å²) in [4.78, 5) is 22.1. The Morgan fingerprint density at radius 3 is 2.16 bits per heavy atom. The number of anilines is 1. The van der Waals surface area contributed by atoms with Crippen LogP contribution in [0.25, 0.3) is 10.2 Å². The van der Waals surface area contributed by atoms with Crippen LogP contribution in [0.5, 0.6) is 0 Å². The molecule has 1 aliphatic heterocycles. The molecule has 1 saturated heterocycles. The van der Waals surface area contributed by atoms with Crippen LogP contribution in [0.4, 0.5) is 5.13 Å². The van der Waals surface area contributed by atoms with E-state index in [-0.39, 0.29) is 15.7 Å². The Kier molecular flexibility index (Phi) is 8.29. The van der Waals surface area contributed by atoms with Crippen molar-refractivity contribution in [3.05, 3.63) is 48.0 Å². The molecule has 38 heavy (non-hydrogen) atoms. The van der Waals surface area contributed by atoms with Gasteiger partial charge in [0.2, 0.25) is 10.0 Å². The highest BCUT2D eigenvalue weighted by Crippen LogP contribution is 2.32. The van der Waals surface area contributed by atoms with Crippen LogP contribution in [0.15, 0.2) is 52.3 Å². The van der Waals surface area contributed by atoms with Gasteiger partial charge in [0.15, 0.2) is 15.0 Å². The first kappa shape index (κ1) is 28.6. The number of likely N-dealkylation sites (N-methyl/N-ethyl adjacent to an activating group) is 1. The monoisotopic (exact) mass is 578 g/mol. The molecule has 2 unspecified atom stereocenters. The number of hydrogen-bond donors (Lipinski definition) is 0. The summed E-state index contributed by atoms with van der Waals surface area (Å²) in [6, 6.07) is 10.8. The Labute approximate surface area is 229 Å². The first-order valence-corrected chi connectivity index (χ1v) is 16.6. The Balaban J connectivity index is 1.63. The van der Waals surface area contributed by atoms with Crippen molar-refractivity contribution in [1.82, 2.24) is 14.2 Å². The van der Waals surface area contributed by atoms with E-state index in [1.54, 1.807) is 29.2 Å². The van der Waals surface area contributed by atoms with Crippen molar-refractivity contribution < 1.29 is 21.6 Å². The van der Waals surface area contributed by atoms with Gasteiger partial charge in [-0.1, -0.05) is 25.2 Å². The molecule has 3 aromatic rings. The van der Waals surface area contributed by atoms with Crippen molar-refractivity contribution >= 4 is 52.5 Å². The summed E-state index contributed by atoms with van der Waals surface area (Å²) in [5.41, 5.74) is 0.950. The number of hydrogen-bond acceptors (Lipinski definition) is 8. The van der Waals surface area contributed by atoms with Crippen LogP contribution >= 0.6 is 11.3 Å². The van der Waals surface area contributed by atoms with E-state index < -0.39 is 19.9 Å². The predicted octanol–water partition coefficient (Wildman–Crippen LogP) is 3.57. The van der Waals surface area contributed by atoms with E-state index in [9.17, 15) is 21.6 Å². The van der Waals surface area contributed by atoms with Gasteiger partial charge in [-0.05, 0) is 74.8 Å². The number of carbonyl (C=O) groups is 1. The van der Waals surface area contributed by atoms with Gasteiger partial charge >= 0.3 is 0 Å². The Morgan fingerprint density at radius 1 is 0.974 bits per heavy atom. The van der Waals surface area contributed by atoms with Crippen LogP contribution in [0.3, 0.4) is 0 Å². The van der Waals surface area contributed by atoms with Gasteiger partial charge in [0, 0.05) is 38.0 Å². The zero-order valence-electron chi connectivity index (χ0n) is 22.3. The third kappa shape index (κ3) is 6.26. The first-order valence-electron chi connectivity index (χ1n) is 12.4. The lowest BCUT2D eigenvalue weighted by Gasteiger charge is -2.34. The zero-order valence-corrected chi connectivity index (χ0v) is 24.7. The van der Waals surface area contributed by atoms with Crippen molar-refractivity contribution in [3.63, 3.8) is 0 Å². The van der Waals surface area contributed by atoms with E-state index in [1.807, 2.05) is 19.0 Å². The normalized spacial score (nSPS) is 19.2. The number of rotatable bonds is 8. The molecule has 12 heteroatoms. The number of carbonyl (C=O) groups excluding carboxylic acids is 1. The molecule has 0 N–H and O–H groups in total. The molecule has 1 aromatic heterocycles. The number of thiazole rings is 1. The number of fused-ring (bicyclic) bond motifs is 1. The molecule has 1 aliphatic rings. The van der Waals surface area contributed by atoms with Crippen molar-refractivity contribution in [3.8, 4) is 0 Å². The molecule has 2 aromatic carbocycles. The average Bonchev–Trinajstić information content (AvgIpc) is 3.26. The van der Waals surface area contributed by atoms with Crippen LogP contribution in [0.2, 0.25) is 0 Å². The number of sulfone groups is 1. The Bertz CT molecular complexity index is 1520. The Hall–Kier alpha value is -2.38. The molecule has 9 nitrogen and oxygen atoms in total. The summed E-state index contributed by atoms with van der Waals surface area (Å²) in [7, 11) is -3.22. The van der Waals surface area contributed by atoms with Crippen LogP contribution in [0.1, 0.15) is 30.6 Å². The third-order valence-corrected chi connectivity index (χ3v) is 10.6. The minimum atomic E-state index is -3.66. The fourth-order valence-electron chi connectivity index (χ4n) is 4.70. The van der Waals surface area contributed by atoms with E-state index in [2.05, 4.69) is 18.8 Å². The Morgan fingerprint density at radius 2 is 1.58 bits per heavy atom. The smallest absolute Gasteiger partial charge is 0.260 e. The molecule has 0 bridgehead atoms. The van der Waals surface area contributed by atoms with E-state index in [0.717, 1.165) is 12.7 Å². The van der Waals surface area contributed by atoms with Gasteiger partial charge in [0.25, 0.3) is 5.91 Å². The van der Waals surface area contributed by atoms with Gasteiger partial charge in [-0.3, -0.25) is 9.69 Å². The molecule has 4 rings (SSSR count). The van der Waals surface area contributed by atoms with Gasteiger partial charge in [-0.25, -0.2) is 21.8 Å². The van der Waals surface area contributed by atoms with E-state index in [4.69, 9.17) is 0 Å². The van der Waals surface area contributed by atoms with E-state index in [1.165, 1.54) is 33.8 Å². The number of aromatic nitrogens is 1. The van der Waals surface area contributed by atoms with Crippen molar-refractivity contribution in [2.24, 2.45) is 11.8 Å². The fourth-order valence-corrected chi connectivity index (χ4v) is 8.13. The maximum absolute atomic E-state index is 13.6. The maximum atomic E-state index is 13.6. The standard InChI is InChI=1S/C26H34N4O5S3/c1-18-14-19(2)17-29(16-18)38(34,35)21-8-6-20(7-9-21)25(31)30(13-12-28(3)4)26-27-23-11-10-22(37(5,32)33)15-24(23)36-26/h6-11,15,18-19H,12-14,16-17H2,1-5H3. The summed E-state index contributed by atoms with van der Waals surface area (Å²) in [6.45, 7) is 6.04. The highest BCUT2D eigenvalue weighted by atomic mass is 32.2. The average molecular weight is 579 g/mol. The number of nitrogens with zero attached hydrogens (tertiary/aromatic N) is 4. The maximum Gasteiger partial charge on any atom is 0.260 e. The number of sulfonamides is 1. The molecule has 1 amide bonds. The van der Waals surface area contributed by atoms with Crippen molar-refractivity contribution in [1.29, 1.82) is 0 Å². The number of amides is 1. The lowest BCUT2D eigenvalue weighted by molar-refractivity contribution is 0.0985. The van der Waals surface area contributed by atoms with Crippen LogP contribution < -0.4 is 4.90 Å². The van der Waals surface area contributed by atoms with Gasteiger partial charge in [-0.2, -0.15) is 4.31 Å².